The molecule has 0 bridgehead atoms. The number of morpholine rings is 1. The lowest BCUT2D eigenvalue weighted by molar-refractivity contribution is 0.0331. The van der Waals surface area contributed by atoms with Crippen LogP contribution in [0.5, 0.6) is 0 Å². The predicted octanol–water partition coefficient (Wildman–Crippen LogP) is 4.70. The molecular formula is C27H33FN4O2S. The summed E-state index contributed by atoms with van der Waals surface area (Å²) in [4.78, 5) is 15.1. The van der Waals surface area contributed by atoms with E-state index in [2.05, 4.69) is 16.3 Å². The molecule has 35 heavy (non-hydrogen) atoms. The van der Waals surface area contributed by atoms with Gasteiger partial charge >= 0.3 is 0 Å². The molecule has 3 aromatic rings. The molecule has 2 aliphatic heterocycles. The lowest BCUT2D eigenvalue weighted by Gasteiger charge is -2.38. The minimum absolute atomic E-state index is 0.182. The molecular weight excluding hydrogens is 463 g/mol. The number of hydrogen-bond acceptors (Lipinski definition) is 7. The SMILES string of the molecule is Fc1cccc(C2(CNc3nc(CN4CCOCC4)nc4sc5c(c34)CCCC5)CCOCC2)c1. The summed E-state index contributed by atoms with van der Waals surface area (Å²) in [5, 5.41) is 4.97. The van der Waals surface area contributed by atoms with E-state index in [0.717, 1.165) is 80.6 Å². The van der Waals surface area contributed by atoms with Crippen molar-refractivity contribution in [1.29, 1.82) is 0 Å². The zero-order valence-corrected chi connectivity index (χ0v) is 21.0. The Morgan fingerprint density at radius 1 is 1.03 bits per heavy atom. The van der Waals surface area contributed by atoms with E-state index in [1.807, 2.05) is 17.4 Å². The predicted molar refractivity (Wildman–Crippen MR) is 137 cm³/mol. The fraction of sp³-hybridized carbons (Fsp3) is 0.556. The van der Waals surface area contributed by atoms with Crippen molar-refractivity contribution in [2.45, 2.75) is 50.5 Å². The zero-order chi connectivity index (χ0) is 23.7. The Kier molecular flexibility index (Phi) is 6.71. The molecule has 0 radical (unpaired) electrons. The summed E-state index contributed by atoms with van der Waals surface area (Å²) in [7, 11) is 0. The third-order valence-electron chi connectivity index (χ3n) is 7.81. The fourth-order valence-corrected chi connectivity index (χ4v) is 7.04. The third kappa shape index (κ3) is 4.81. The first-order chi connectivity index (χ1) is 17.2. The van der Waals surface area contributed by atoms with Crippen molar-refractivity contribution >= 4 is 27.4 Å². The lowest BCUT2D eigenvalue weighted by Crippen LogP contribution is -2.40. The van der Waals surface area contributed by atoms with Crippen molar-refractivity contribution in [3.63, 3.8) is 0 Å². The van der Waals surface area contributed by atoms with Gasteiger partial charge in [0, 0.05) is 43.1 Å². The van der Waals surface area contributed by atoms with Crippen LogP contribution in [-0.4, -0.2) is 60.9 Å². The number of aryl methyl sites for hydroxylation is 2. The minimum Gasteiger partial charge on any atom is -0.381 e. The Morgan fingerprint density at radius 3 is 2.66 bits per heavy atom. The molecule has 2 fully saturated rings. The van der Waals surface area contributed by atoms with Crippen LogP contribution >= 0.6 is 11.3 Å². The Labute approximate surface area is 209 Å². The summed E-state index contributed by atoms with van der Waals surface area (Å²) >= 11 is 1.85. The van der Waals surface area contributed by atoms with Crippen molar-refractivity contribution in [2.24, 2.45) is 0 Å². The smallest absolute Gasteiger partial charge is 0.146 e. The summed E-state index contributed by atoms with van der Waals surface area (Å²) < 4.78 is 25.4. The number of ether oxygens (including phenoxy) is 2. The van der Waals surface area contributed by atoms with Crippen LogP contribution < -0.4 is 5.32 Å². The Morgan fingerprint density at radius 2 is 1.83 bits per heavy atom. The van der Waals surface area contributed by atoms with Crippen LogP contribution in [0.3, 0.4) is 0 Å². The average molecular weight is 497 g/mol. The number of anilines is 1. The number of aromatic nitrogens is 2. The molecule has 1 N–H and O–H groups in total. The van der Waals surface area contributed by atoms with E-state index in [9.17, 15) is 4.39 Å². The molecule has 1 aromatic carbocycles. The van der Waals surface area contributed by atoms with E-state index in [0.29, 0.717) is 19.8 Å². The van der Waals surface area contributed by atoms with Crippen molar-refractivity contribution < 1.29 is 13.9 Å². The van der Waals surface area contributed by atoms with Gasteiger partial charge in [0.05, 0.1) is 25.1 Å². The van der Waals surface area contributed by atoms with E-state index >= 15 is 0 Å². The second-order valence-corrected chi connectivity index (χ2v) is 11.1. The van der Waals surface area contributed by atoms with Gasteiger partial charge in [0.1, 0.15) is 22.3 Å². The molecule has 0 unspecified atom stereocenters. The standard InChI is InChI=1S/C27H33FN4O2S/c28-20-5-3-4-19(16-20)27(8-12-33-13-9-27)18-29-25-24-21-6-1-2-7-22(21)35-26(24)31-23(30-25)17-32-10-14-34-15-11-32/h3-5,16H,1-2,6-15,17-18H2,(H,29,30,31). The van der Waals surface area contributed by atoms with Crippen LogP contribution in [-0.2, 0) is 34.3 Å². The van der Waals surface area contributed by atoms with Crippen LogP contribution in [0, 0.1) is 5.82 Å². The number of rotatable bonds is 6. The number of nitrogens with one attached hydrogen (secondary N) is 1. The van der Waals surface area contributed by atoms with Crippen LogP contribution in [0.2, 0.25) is 0 Å². The number of halogens is 1. The van der Waals surface area contributed by atoms with Gasteiger partial charge in [-0.15, -0.1) is 11.3 Å². The minimum atomic E-state index is -0.183. The first kappa shape index (κ1) is 23.3. The van der Waals surface area contributed by atoms with Crippen molar-refractivity contribution in [3.8, 4) is 0 Å². The van der Waals surface area contributed by atoms with Gasteiger partial charge < -0.3 is 14.8 Å². The van der Waals surface area contributed by atoms with Crippen LogP contribution in [0.15, 0.2) is 24.3 Å². The van der Waals surface area contributed by atoms with Gasteiger partial charge in [-0.05, 0) is 61.8 Å². The van der Waals surface area contributed by atoms with Gasteiger partial charge in [0.25, 0.3) is 0 Å². The number of benzene rings is 1. The highest BCUT2D eigenvalue weighted by atomic mass is 32.1. The molecule has 6 rings (SSSR count). The molecule has 0 atom stereocenters. The van der Waals surface area contributed by atoms with E-state index in [-0.39, 0.29) is 11.2 Å². The van der Waals surface area contributed by atoms with E-state index in [4.69, 9.17) is 19.4 Å². The second-order valence-electron chi connectivity index (χ2n) is 10.0. The Balaban J connectivity index is 1.35. The van der Waals surface area contributed by atoms with Gasteiger partial charge in [-0.3, -0.25) is 4.90 Å². The number of thiophene rings is 1. The van der Waals surface area contributed by atoms with E-state index < -0.39 is 0 Å². The summed E-state index contributed by atoms with van der Waals surface area (Å²) in [6.07, 6.45) is 6.43. The highest BCUT2D eigenvalue weighted by molar-refractivity contribution is 7.19. The Hall–Kier alpha value is -2.13. The molecule has 4 heterocycles. The van der Waals surface area contributed by atoms with Crippen LogP contribution in [0.25, 0.3) is 10.2 Å². The zero-order valence-electron chi connectivity index (χ0n) is 20.2. The second kappa shape index (κ2) is 10.1. The maximum atomic E-state index is 14.2. The summed E-state index contributed by atoms with van der Waals surface area (Å²) in [5.74, 6) is 1.63. The highest BCUT2D eigenvalue weighted by Crippen LogP contribution is 2.40. The quantitative estimate of drug-likeness (QED) is 0.534. The van der Waals surface area contributed by atoms with Crippen molar-refractivity contribution in [3.05, 3.63) is 51.9 Å². The molecule has 2 aromatic heterocycles. The molecule has 0 amide bonds. The first-order valence-corrected chi connectivity index (χ1v) is 13.7. The monoisotopic (exact) mass is 496 g/mol. The van der Waals surface area contributed by atoms with Gasteiger partial charge in [0.2, 0.25) is 0 Å². The average Bonchev–Trinajstić information content (AvgIpc) is 3.27. The number of nitrogens with zero attached hydrogens (tertiary/aromatic N) is 3. The van der Waals surface area contributed by atoms with Crippen molar-refractivity contribution in [2.75, 3.05) is 51.4 Å². The number of hydrogen-bond donors (Lipinski definition) is 1. The van der Waals surface area contributed by atoms with E-state index in [1.165, 1.54) is 34.7 Å². The fourth-order valence-electron chi connectivity index (χ4n) is 5.76. The molecule has 1 aliphatic carbocycles. The molecule has 2 saturated heterocycles. The topological polar surface area (TPSA) is 59.5 Å². The largest absolute Gasteiger partial charge is 0.381 e. The van der Waals surface area contributed by atoms with Gasteiger partial charge in [-0.1, -0.05) is 12.1 Å². The summed E-state index contributed by atoms with van der Waals surface area (Å²) in [6, 6.07) is 7.09. The van der Waals surface area contributed by atoms with E-state index in [1.54, 1.807) is 6.07 Å². The maximum Gasteiger partial charge on any atom is 0.146 e. The molecule has 0 saturated carbocycles. The molecule has 3 aliphatic rings. The molecule has 186 valence electrons. The summed E-state index contributed by atoms with van der Waals surface area (Å²) in [5.41, 5.74) is 2.29. The number of fused-ring (bicyclic) bond motifs is 3. The highest BCUT2D eigenvalue weighted by Gasteiger charge is 2.35. The normalized spacial score (nSPS) is 20.6. The Bertz CT molecular complexity index is 1190. The van der Waals surface area contributed by atoms with Gasteiger partial charge in [-0.25, -0.2) is 14.4 Å². The van der Waals surface area contributed by atoms with Crippen LogP contribution in [0.1, 0.15) is 47.5 Å². The van der Waals surface area contributed by atoms with Crippen LogP contribution in [0.4, 0.5) is 10.2 Å². The van der Waals surface area contributed by atoms with Gasteiger partial charge in [-0.2, -0.15) is 0 Å². The molecule has 0 spiro atoms. The molecule has 6 nitrogen and oxygen atoms in total. The van der Waals surface area contributed by atoms with Gasteiger partial charge in [0.15, 0.2) is 0 Å². The summed E-state index contributed by atoms with van der Waals surface area (Å²) in [6.45, 7) is 6.16. The van der Waals surface area contributed by atoms with Crippen molar-refractivity contribution in [1.82, 2.24) is 14.9 Å². The molecule has 8 heteroatoms. The lowest BCUT2D eigenvalue weighted by atomic mass is 9.74. The third-order valence-corrected chi connectivity index (χ3v) is 9.00. The first-order valence-electron chi connectivity index (χ1n) is 12.9. The maximum absolute atomic E-state index is 14.2.